The molecule has 0 amide bonds. The van der Waals surface area contributed by atoms with Crippen LogP contribution in [0.5, 0.6) is 0 Å². The van der Waals surface area contributed by atoms with E-state index in [9.17, 15) is 4.79 Å². The van der Waals surface area contributed by atoms with Gasteiger partial charge in [0.2, 0.25) is 0 Å². The Morgan fingerprint density at radius 3 is 2.72 bits per heavy atom. The SMILES string of the molecule is COC(=O)c1ccc(N2CC[C@@H](C)C[C@@H]2C)nn1. The minimum absolute atomic E-state index is 0.249. The van der Waals surface area contributed by atoms with Gasteiger partial charge in [0, 0.05) is 12.6 Å². The Labute approximate surface area is 107 Å². The van der Waals surface area contributed by atoms with Crippen molar-refractivity contribution >= 4 is 11.8 Å². The van der Waals surface area contributed by atoms with Crippen molar-refractivity contribution in [3.05, 3.63) is 17.8 Å². The van der Waals surface area contributed by atoms with Crippen molar-refractivity contribution in [2.45, 2.75) is 32.7 Å². The maximum Gasteiger partial charge on any atom is 0.358 e. The maximum absolute atomic E-state index is 11.3. The molecule has 1 aromatic heterocycles. The summed E-state index contributed by atoms with van der Waals surface area (Å²) in [5.74, 6) is 1.15. The molecule has 0 spiro atoms. The highest BCUT2D eigenvalue weighted by molar-refractivity contribution is 5.86. The molecule has 98 valence electrons. The van der Waals surface area contributed by atoms with Crippen LogP contribution in [0.3, 0.4) is 0 Å². The zero-order valence-electron chi connectivity index (χ0n) is 11.1. The second-order valence-corrected chi connectivity index (χ2v) is 4.94. The second kappa shape index (κ2) is 5.33. The Bertz CT molecular complexity index is 419. The number of carbonyl (C=O) groups excluding carboxylic acids is 1. The van der Waals surface area contributed by atoms with Gasteiger partial charge in [-0.05, 0) is 37.8 Å². The Morgan fingerprint density at radius 2 is 2.17 bits per heavy atom. The summed E-state index contributed by atoms with van der Waals surface area (Å²) in [6.45, 7) is 5.47. The van der Waals surface area contributed by atoms with Gasteiger partial charge in [-0.1, -0.05) is 6.92 Å². The molecule has 0 radical (unpaired) electrons. The van der Waals surface area contributed by atoms with Gasteiger partial charge in [0.05, 0.1) is 7.11 Å². The van der Waals surface area contributed by atoms with Gasteiger partial charge in [-0.25, -0.2) is 4.79 Å². The first-order valence-electron chi connectivity index (χ1n) is 6.30. The zero-order chi connectivity index (χ0) is 13.1. The summed E-state index contributed by atoms with van der Waals surface area (Å²) in [6.07, 6.45) is 2.34. The van der Waals surface area contributed by atoms with E-state index < -0.39 is 5.97 Å². The van der Waals surface area contributed by atoms with Crippen LogP contribution in [-0.4, -0.2) is 35.9 Å². The first-order valence-corrected chi connectivity index (χ1v) is 6.30. The molecule has 0 aliphatic carbocycles. The van der Waals surface area contributed by atoms with Gasteiger partial charge in [0.1, 0.15) is 0 Å². The quantitative estimate of drug-likeness (QED) is 0.749. The van der Waals surface area contributed by atoms with E-state index in [0.29, 0.717) is 6.04 Å². The normalized spacial score (nSPS) is 23.8. The van der Waals surface area contributed by atoms with E-state index in [1.807, 2.05) is 6.07 Å². The lowest BCUT2D eigenvalue weighted by atomic mass is 9.93. The van der Waals surface area contributed by atoms with Gasteiger partial charge in [-0.2, -0.15) is 0 Å². The van der Waals surface area contributed by atoms with Crippen molar-refractivity contribution < 1.29 is 9.53 Å². The molecule has 1 aliphatic heterocycles. The molecular formula is C13H19N3O2. The molecule has 1 aromatic rings. The van der Waals surface area contributed by atoms with Crippen LogP contribution in [0.4, 0.5) is 5.82 Å². The summed E-state index contributed by atoms with van der Waals surface area (Å²) in [5, 5.41) is 8.03. The van der Waals surface area contributed by atoms with Crippen LogP contribution in [0.1, 0.15) is 37.2 Å². The van der Waals surface area contributed by atoms with E-state index in [0.717, 1.165) is 18.3 Å². The molecule has 0 N–H and O–H groups in total. The Morgan fingerprint density at radius 1 is 1.39 bits per heavy atom. The molecule has 1 aliphatic rings. The number of hydrogen-bond acceptors (Lipinski definition) is 5. The number of esters is 1. The topological polar surface area (TPSA) is 55.3 Å². The summed E-state index contributed by atoms with van der Waals surface area (Å²) >= 11 is 0. The van der Waals surface area contributed by atoms with Gasteiger partial charge in [0.25, 0.3) is 0 Å². The van der Waals surface area contributed by atoms with Gasteiger partial charge in [-0.3, -0.25) is 0 Å². The lowest BCUT2D eigenvalue weighted by molar-refractivity contribution is 0.0592. The third-order valence-electron chi connectivity index (χ3n) is 3.48. The van der Waals surface area contributed by atoms with Crippen LogP contribution >= 0.6 is 0 Å². The molecule has 2 rings (SSSR count). The number of methoxy groups -OCH3 is 1. The second-order valence-electron chi connectivity index (χ2n) is 4.94. The van der Waals surface area contributed by atoms with Crippen LogP contribution in [0, 0.1) is 5.92 Å². The fourth-order valence-corrected chi connectivity index (χ4v) is 2.44. The van der Waals surface area contributed by atoms with Crippen molar-refractivity contribution in [1.29, 1.82) is 0 Å². The fourth-order valence-electron chi connectivity index (χ4n) is 2.44. The van der Waals surface area contributed by atoms with Gasteiger partial charge in [-0.15, -0.1) is 10.2 Å². The standard InChI is InChI=1S/C13H19N3O2/c1-9-6-7-16(10(2)8-9)12-5-4-11(14-15-12)13(17)18-3/h4-5,9-10H,6-8H2,1-3H3/t9-,10+/m1/s1. The zero-order valence-corrected chi connectivity index (χ0v) is 11.1. The van der Waals surface area contributed by atoms with Crippen LogP contribution in [0.2, 0.25) is 0 Å². The van der Waals surface area contributed by atoms with Gasteiger partial charge >= 0.3 is 5.97 Å². The average molecular weight is 249 g/mol. The Balaban J connectivity index is 2.12. The van der Waals surface area contributed by atoms with E-state index >= 15 is 0 Å². The first-order chi connectivity index (χ1) is 8.61. The van der Waals surface area contributed by atoms with Crippen LogP contribution < -0.4 is 4.90 Å². The highest BCUT2D eigenvalue weighted by Crippen LogP contribution is 2.25. The summed E-state index contributed by atoms with van der Waals surface area (Å²) in [5.41, 5.74) is 0.249. The van der Waals surface area contributed by atoms with Crippen molar-refractivity contribution in [2.75, 3.05) is 18.6 Å². The highest BCUT2D eigenvalue weighted by Gasteiger charge is 2.24. The smallest absolute Gasteiger partial charge is 0.358 e. The number of carbonyl (C=O) groups is 1. The van der Waals surface area contributed by atoms with Gasteiger partial charge in [0.15, 0.2) is 11.5 Å². The molecule has 1 saturated heterocycles. The van der Waals surface area contributed by atoms with E-state index in [-0.39, 0.29) is 5.69 Å². The van der Waals surface area contributed by atoms with E-state index in [2.05, 4.69) is 33.7 Å². The lowest BCUT2D eigenvalue weighted by Gasteiger charge is -2.37. The molecule has 5 nitrogen and oxygen atoms in total. The number of piperidine rings is 1. The first kappa shape index (κ1) is 12.8. The van der Waals surface area contributed by atoms with Crippen molar-refractivity contribution in [3.63, 3.8) is 0 Å². The summed E-state index contributed by atoms with van der Waals surface area (Å²) in [6, 6.07) is 3.97. The minimum Gasteiger partial charge on any atom is -0.464 e. The summed E-state index contributed by atoms with van der Waals surface area (Å²) in [4.78, 5) is 13.5. The van der Waals surface area contributed by atoms with Crippen LogP contribution in [0.15, 0.2) is 12.1 Å². The number of aromatic nitrogens is 2. The molecule has 0 bridgehead atoms. The van der Waals surface area contributed by atoms with E-state index in [1.54, 1.807) is 6.07 Å². The third kappa shape index (κ3) is 2.60. The largest absolute Gasteiger partial charge is 0.464 e. The molecule has 0 unspecified atom stereocenters. The van der Waals surface area contributed by atoms with Crippen molar-refractivity contribution in [2.24, 2.45) is 5.92 Å². The van der Waals surface area contributed by atoms with Crippen LogP contribution in [0.25, 0.3) is 0 Å². The lowest BCUT2D eigenvalue weighted by Crippen LogP contribution is -2.40. The average Bonchev–Trinajstić information content (AvgIpc) is 2.38. The van der Waals surface area contributed by atoms with E-state index in [1.165, 1.54) is 20.0 Å². The molecular weight excluding hydrogens is 230 g/mol. The highest BCUT2D eigenvalue weighted by atomic mass is 16.5. The van der Waals surface area contributed by atoms with E-state index in [4.69, 9.17) is 0 Å². The number of anilines is 1. The third-order valence-corrected chi connectivity index (χ3v) is 3.48. The van der Waals surface area contributed by atoms with Crippen molar-refractivity contribution in [3.8, 4) is 0 Å². The Kier molecular flexibility index (Phi) is 3.79. The van der Waals surface area contributed by atoms with Gasteiger partial charge < -0.3 is 9.64 Å². The minimum atomic E-state index is -0.450. The molecule has 5 heteroatoms. The predicted molar refractivity (Wildman–Crippen MR) is 68.6 cm³/mol. The monoisotopic (exact) mass is 249 g/mol. The number of rotatable bonds is 2. The molecule has 0 aromatic carbocycles. The molecule has 0 saturated carbocycles. The summed E-state index contributed by atoms with van der Waals surface area (Å²) < 4.78 is 4.60. The number of hydrogen-bond donors (Lipinski definition) is 0. The molecule has 1 fully saturated rings. The predicted octanol–water partition coefficient (Wildman–Crippen LogP) is 1.89. The molecule has 18 heavy (non-hydrogen) atoms. The van der Waals surface area contributed by atoms with Crippen molar-refractivity contribution in [1.82, 2.24) is 10.2 Å². The fraction of sp³-hybridized carbons (Fsp3) is 0.615. The molecule has 2 atom stereocenters. The summed E-state index contributed by atoms with van der Waals surface area (Å²) in [7, 11) is 1.34. The molecule has 2 heterocycles. The number of ether oxygens (including phenoxy) is 1. The maximum atomic E-state index is 11.3. The number of nitrogens with zero attached hydrogens (tertiary/aromatic N) is 3. The Hall–Kier alpha value is -1.65. The van der Waals surface area contributed by atoms with Crippen LogP contribution in [-0.2, 0) is 4.74 Å².